The fourth-order valence-corrected chi connectivity index (χ4v) is 2.32. The normalized spacial score (nSPS) is 14.8. The maximum atomic E-state index is 5.24. The van der Waals surface area contributed by atoms with E-state index in [2.05, 4.69) is 35.1 Å². The Morgan fingerprint density at radius 2 is 2.25 bits per heavy atom. The van der Waals surface area contributed by atoms with E-state index in [0.717, 1.165) is 38.1 Å². The number of rotatable bonds is 9. The fraction of sp³-hybridized carbons (Fsp3) is 0.688. The lowest BCUT2D eigenvalue weighted by molar-refractivity contribution is 0.204. The number of ether oxygens (including phenoxy) is 1. The third-order valence-corrected chi connectivity index (χ3v) is 3.48. The Hall–Kier alpha value is -1.13. The van der Waals surface area contributed by atoms with Gasteiger partial charge in [-0.25, -0.2) is 4.98 Å². The van der Waals surface area contributed by atoms with Crippen LogP contribution in [0.15, 0.2) is 18.3 Å². The number of pyridine rings is 1. The molecule has 1 aromatic rings. The van der Waals surface area contributed by atoms with E-state index >= 15 is 0 Å². The summed E-state index contributed by atoms with van der Waals surface area (Å²) in [5, 5.41) is 3.58. The lowest BCUT2D eigenvalue weighted by Gasteiger charge is -2.27. The first-order valence-electron chi connectivity index (χ1n) is 7.62. The van der Waals surface area contributed by atoms with Gasteiger partial charge in [0.05, 0.1) is 6.61 Å². The highest BCUT2D eigenvalue weighted by atomic mass is 16.5. The summed E-state index contributed by atoms with van der Waals surface area (Å²) in [6.45, 7) is 8.03. The predicted octanol–water partition coefficient (Wildman–Crippen LogP) is 2.44. The number of anilines is 1. The number of nitrogens with one attached hydrogen (secondary N) is 1. The maximum absolute atomic E-state index is 5.24. The third-order valence-electron chi connectivity index (χ3n) is 3.48. The van der Waals surface area contributed by atoms with E-state index in [1.165, 1.54) is 18.4 Å². The van der Waals surface area contributed by atoms with Crippen LogP contribution in [0.25, 0.3) is 0 Å². The molecular weight excluding hydrogens is 250 g/mol. The van der Waals surface area contributed by atoms with Crippen molar-refractivity contribution in [2.75, 3.05) is 31.7 Å². The van der Waals surface area contributed by atoms with Gasteiger partial charge in [0.2, 0.25) is 0 Å². The molecule has 0 amide bonds. The topological polar surface area (TPSA) is 37.4 Å². The molecule has 1 aliphatic rings. The highest BCUT2D eigenvalue weighted by molar-refractivity contribution is 5.46. The molecule has 0 radical (unpaired) electrons. The average Bonchev–Trinajstić information content (AvgIpc) is 3.25. The maximum Gasteiger partial charge on any atom is 0.133 e. The third kappa shape index (κ3) is 4.76. The van der Waals surface area contributed by atoms with Gasteiger partial charge in [-0.2, -0.15) is 0 Å². The largest absolute Gasteiger partial charge is 0.383 e. The van der Waals surface area contributed by atoms with Gasteiger partial charge in [-0.1, -0.05) is 19.9 Å². The monoisotopic (exact) mass is 277 g/mol. The van der Waals surface area contributed by atoms with Crippen LogP contribution >= 0.6 is 0 Å². The van der Waals surface area contributed by atoms with Crippen LogP contribution in [-0.2, 0) is 11.3 Å². The van der Waals surface area contributed by atoms with E-state index in [1.54, 1.807) is 7.11 Å². The molecule has 1 fully saturated rings. The highest BCUT2D eigenvalue weighted by Gasteiger charge is 2.21. The summed E-state index contributed by atoms with van der Waals surface area (Å²) in [5.74, 6) is 1.71. The van der Waals surface area contributed by atoms with Crippen LogP contribution in [0, 0.1) is 5.92 Å². The fourth-order valence-electron chi connectivity index (χ4n) is 2.32. The number of hydrogen-bond donors (Lipinski definition) is 1. The molecule has 4 nitrogen and oxygen atoms in total. The molecule has 1 saturated carbocycles. The summed E-state index contributed by atoms with van der Waals surface area (Å²) in [4.78, 5) is 6.96. The molecule has 0 saturated heterocycles. The number of nitrogens with zero attached hydrogens (tertiary/aromatic N) is 2. The standard InChI is InChI=1S/C16H27N3O/c1-13(2)12-19(9-10-20-3)16-14(5-4-8-17-16)11-18-15-6-7-15/h4-5,8,13,15,18H,6-7,9-12H2,1-3H3. The first-order valence-corrected chi connectivity index (χ1v) is 7.62. The van der Waals surface area contributed by atoms with Crippen LogP contribution in [-0.4, -0.2) is 37.8 Å². The van der Waals surface area contributed by atoms with E-state index < -0.39 is 0 Å². The van der Waals surface area contributed by atoms with Crippen molar-refractivity contribution in [1.29, 1.82) is 0 Å². The van der Waals surface area contributed by atoms with E-state index in [0.29, 0.717) is 5.92 Å². The van der Waals surface area contributed by atoms with Crippen molar-refractivity contribution in [1.82, 2.24) is 10.3 Å². The van der Waals surface area contributed by atoms with Gasteiger partial charge in [-0.05, 0) is 24.8 Å². The van der Waals surface area contributed by atoms with Gasteiger partial charge < -0.3 is 15.0 Å². The molecule has 0 atom stereocenters. The minimum Gasteiger partial charge on any atom is -0.383 e. The molecule has 1 N–H and O–H groups in total. The Morgan fingerprint density at radius 1 is 1.45 bits per heavy atom. The Kier molecular flexibility index (Phi) is 5.80. The van der Waals surface area contributed by atoms with Gasteiger partial charge in [0.1, 0.15) is 5.82 Å². The van der Waals surface area contributed by atoms with Crippen LogP contribution in [0.1, 0.15) is 32.3 Å². The zero-order valence-electron chi connectivity index (χ0n) is 12.9. The molecular formula is C16H27N3O. The Bertz CT molecular complexity index is 404. The minimum atomic E-state index is 0.609. The lowest BCUT2D eigenvalue weighted by atomic mass is 10.1. The van der Waals surface area contributed by atoms with E-state index in [9.17, 15) is 0 Å². The second-order valence-electron chi connectivity index (χ2n) is 5.97. The zero-order chi connectivity index (χ0) is 14.4. The van der Waals surface area contributed by atoms with Crippen molar-refractivity contribution in [3.63, 3.8) is 0 Å². The van der Waals surface area contributed by atoms with Gasteiger partial charge in [0.15, 0.2) is 0 Å². The van der Waals surface area contributed by atoms with Gasteiger partial charge >= 0.3 is 0 Å². The van der Waals surface area contributed by atoms with Gasteiger partial charge in [-0.3, -0.25) is 0 Å². The van der Waals surface area contributed by atoms with Crippen molar-refractivity contribution < 1.29 is 4.74 Å². The van der Waals surface area contributed by atoms with Crippen molar-refractivity contribution in [3.05, 3.63) is 23.9 Å². The van der Waals surface area contributed by atoms with Crippen LogP contribution < -0.4 is 10.2 Å². The summed E-state index contributed by atoms with van der Waals surface area (Å²) >= 11 is 0. The average molecular weight is 277 g/mol. The Morgan fingerprint density at radius 3 is 2.90 bits per heavy atom. The van der Waals surface area contributed by atoms with Crippen LogP contribution in [0.3, 0.4) is 0 Å². The molecule has 4 heteroatoms. The highest BCUT2D eigenvalue weighted by Crippen LogP contribution is 2.22. The first kappa shape index (κ1) is 15.3. The Labute approximate surface area is 122 Å². The lowest BCUT2D eigenvalue weighted by Crippen LogP contribution is -2.33. The molecule has 0 aromatic carbocycles. The molecule has 0 unspecified atom stereocenters. The SMILES string of the molecule is COCCN(CC(C)C)c1ncccc1CNC1CC1. The zero-order valence-corrected chi connectivity index (χ0v) is 12.9. The summed E-state index contributed by atoms with van der Waals surface area (Å²) < 4.78 is 5.24. The van der Waals surface area contributed by atoms with Crippen LogP contribution in [0.4, 0.5) is 5.82 Å². The quantitative estimate of drug-likeness (QED) is 0.752. The van der Waals surface area contributed by atoms with Crippen molar-refractivity contribution in [2.45, 2.75) is 39.3 Å². The molecule has 0 bridgehead atoms. The molecule has 2 rings (SSSR count). The second-order valence-corrected chi connectivity index (χ2v) is 5.97. The number of hydrogen-bond acceptors (Lipinski definition) is 4. The predicted molar refractivity (Wildman–Crippen MR) is 83.0 cm³/mol. The van der Waals surface area contributed by atoms with Gasteiger partial charge in [-0.15, -0.1) is 0 Å². The van der Waals surface area contributed by atoms with Crippen molar-refractivity contribution in [2.24, 2.45) is 5.92 Å². The van der Waals surface area contributed by atoms with E-state index in [4.69, 9.17) is 4.74 Å². The number of aromatic nitrogens is 1. The molecule has 1 heterocycles. The van der Waals surface area contributed by atoms with Crippen molar-refractivity contribution >= 4 is 5.82 Å². The first-order chi connectivity index (χ1) is 9.70. The molecule has 1 aromatic heterocycles. The Balaban J connectivity index is 2.07. The minimum absolute atomic E-state index is 0.609. The summed E-state index contributed by atoms with van der Waals surface area (Å²) in [6.07, 6.45) is 4.51. The molecule has 20 heavy (non-hydrogen) atoms. The van der Waals surface area contributed by atoms with E-state index in [-0.39, 0.29) is 0 Å². The van der Waals surface area contributed by atoms with Crippen LogP contribution in [0.2, 0.25) is 0 Å². The van der Waals surface area contributed by atoms with E-state index in [1.807, 2.05) is 12.3 Å². The van der Waals surface area contributed by atoms with Crippen molar-refractivity contribution in [3.8, 4) is 0 Å². The second kappa shape index (κ2) is 7.60. The molecule has 112 valence electrons. The molecule has 1 aliphatic carbocycles. The molecule has 0 spiro atoms. The smallest absolute Gasteiger partial charge is 0.133 e. The summed E-state index contributed by atoms with van der Waals surface area (Å²) in [7, 11) is 1.75. The number of methoxy groups -OCH3 is 1. The van der Waals surface area contributed by atoms with Gasteiger partial charge in [0.25, 0.3) is 0 Å². The summed E-state index contributed by atoms with van der Waals surface area (Å²) in [6, 6.07) is 4.93. The van der Waals surface area contributed by atoms with Gasteiger partial charge in [0, 0.05) is 44.5 Å². The van der Waals surface area contributed by atoms with Crippen LogP contribution in [0.5, 0.6) is 0 Å². The summed E-state index contributed by atoms with van der Waals surface area (Å²) in [5.41, 5.74) is 1.29. The molecule has 0 aliphatic heterocycles.